The Balaban J connectivity index is 3.67. The lowest BCUT2D eigenvalue weighted by Crippen LogP contribution is -1.95. The van der Waals surface area contributed by atoms with Gasteiger partial charge in [-0.25, -0.2) is 0 Å². The highest BCUT2D eigenvalue weighted by Crippen LogP contribution is 2.07. The summed E-state index contributed by atoms with van der Waals surface area (Å²) < 4.78 is 0. The Hall–Kier alpha value is -1.89. The number of rotatable bonds is 14. The Morgan fingerprint density at radius 1 is 0.800 bits per heavy atom. The summed E-state index contributed by atoms with van der Waals surface area (Å²) >= 11 is 0. The first-order valence-electron chi connectivity index (χ1n) is 9.61. The zero-order chi connectivity index (χ0) is 18.6. The predicted octanol–water partition coefficient (Wildman–Crippen LogP) is 7.30. The molecule has 0 aliphatic carbocycles. The summed E-state index contributed by atoms with van der Waals surface area (Å²) in [6, 6.07) is 0. The van der Waals surface area contributed by atoms with Crippen LogP contribution in [0.15, 0.2) is 72.9 Å². The normalized spacial score (nSPS) is 14.4. The number of hydrogen-bond donors (Lipinski definition) is 0. The maximum Gasteiger partial charge on any atom is 0.129 e. The van der Waals surface area contributed by atoms with Crippen molar-refractivity contribution < 1.29 is 4.79 Å². The van der Waals surface area contributed by atoms with Crippen LogP contribution < -0.4 is 0 Å². The van der Waals surface area contributed by atoms with Gasteiger partial charge in [0.15, 0.2) is 0 Å². The van der Waals surface area contributed by atoms with Crippen LogP contribution in [0.1, 0.15) is 65.7 Å². The fourth-order valence-electron chi connectivity index (χ4n) is 2.10. The number of Topliss-reactive ketones (excluding diaryl/α,β-unsaturated/α-hetero) is 1. The fraction of sp³-hybridized carbons (Fsp3) is 0.458. The van der Waals surface area contributed by atoms with Crippen LogP contribution in [-0.4, -0.2) is 5.78 Å². The van der Waals surface area contributed by atoms with Gasteiger partial charge in [0.1, 0.15) is 5.78 Å². The van der Waals surface area contributed by atoms with E-state index in [0.717, 1.165) is 38.5 Å². The van der Waals surface area contributed by atoms with Crippen LogP contribution in [0.4, 0.5) is 0 Å². The van der Waals surface area contributed by atoms with Crippen molar-refractivity contribution in [1.82, 2.24) is 0 Å². The number of carbonyl (C=O) groups excluding carboxylic acids is 1. The molecule has 0 saturated heterocycles. The summed E-state index contributed by atoms with van der Waals surface area (Å²) in [5, 5.41) is 0. The summed E-state index contributed by atoms with van der Waals surface area (Å²) in [6.07, 6.45) is 32.9. The average molecular weight is 341 g/mol. The molecule has 1 nitrogen and oxygen atoms in total. The van der Waals surface area contributed by atoms with E-state index in [-0.39, 0.29) is 5.78 Å². The minimum Gasteiger partial charge on any atom is -0.300 e. The van der Waals surface area contributed by atoms with Gasteiger partial charge >= 0.3 is 0 Å². The molecule has 0 aliphatic rings. The van der Waals surface area contributed by atoms with Gasteiger partial charge in [-0.05, 0) is 51.4 Å². The number of ketones is 1. The molecule has 0 aromatic carbocycles. The second kappa shape index (κ2) is 18.4. The second-order valence-corrected chi connectivity index (χ2v) is 6.29. The third kappa shape index (κ3) is 20.1. The smallest absolute Gasteiger partial charge is 0.129 e. The van der Waals surface area contributed by atoms with Gasteiger partial charge in [-0.1, -0.05) is 86.8 Å². The van der Waals surface area contributed by atoms with Crippen molar-refractivity contribution in [3.63, 3.8) is 0 Å². The standard InChI is InChI=1S/C24H36O/c1-4-5-6-7-8-9-10-11-12-13-14-15-16-17-18-19-20-23(2)21-22-24(3)25/h5-6,9-12,14-15,17-20,23H,4,7-8,13,16,21-22H2,1-3H3/b6-5-,10-9+,12-11-,15-14-,18-17-,20-19+. The highest BCUT2D eigenvalue weighted by molar-refractivity contribution is 5.75. The minimum absolute atomic E-state index is 0.273. The van der Waals surface area contributed by atoms with E-state index >= 15 is 0 Å². The third-order valence-electron chi connectivity index (χ3n) is 3.64. The first-order chi connectivity index (χ1) is 12.2. The number of allylic oxidation sites excluding steroid dienone is 12. The van der Waals surface area contributed by atoms with Crippen LogP contribution in [0.5, 0.6) is 0 Å². The van der Waals surface area contributed by atoms with Crippen LogP contribution in [-0.2, 0) is 4.79 Å². The molecule has 0 spiro atoms. The van der Waals surface area contributed by atoms with E-state index in [2.05, 4.69) is 86.8 Å². The third-order valence-corrected chi connectivity index (χ3v) is 3.64. The molecule has 0 amide bonds. The summed E-state index contributed by atoms with van der Waals surface area (Å²) in [5.41, 5.74) is 0. The molecule has 0 rings (SSSR count). The van der Waals surface area contributed by atoms with Crippen molar-refractivity contribution in [3.05, 3.63) is 72.9 Å². The Kier molecular flexibility index (Phi) is 17.1. The predicted molar refractivity (Wildman–Crippen MR) is 113 cm³/mol. The SMILES string of the molecule is CC/C=C\CC/C=C/C=C\C/C=C\C/C=C\C=C\C(C)CCC(C)=O. The number of carbonyl (C=O) groups is 1. The number of unbranched alkanes of at least 4 members (excludes halogenated alkanes) is 1. The van der Waals surface area contributed by atoms with Crippen LogP contribution >= 0.6 is 0 Å². The van der Waals surface area contributed by atoms with Gasteiger partial charge in [-0.2, -0.15) is 0 Å². The molecule has 25 heavy (non-hydrogen) atoms. The summed E-state index contributed by atoms with van der Waals surface area (Å²) in [7, 11) is 0. The van der Waals surface area contributed by atoms with Crippen LogP contribution in [0.2, 0.25) is 0 Å². The lowest BCUT2D eigenvalue weighted by molar-refractivity contribution is -0.117. The summed E-state index contributed by atoms with van der Waals surface area (Å²) in [5.74, 6) is 0.736. The average Bonchev–Trinajstić information content (AvgIpc) is 2.59. The molecule has 0 saturated carbocycles. The monoisotopic (exact) mass is 340 g/mol. The zero-order valence-electron chi connectivity index (χ0n) is 16.4. The Morgan fingerprint density at radius 3 is 2.04 bits per heavy atom. The van der Waals surface area contributed by atoms with E-state index in [0.29, 0.717) is 12.3 Å². The maximum absolute atomic E-state index is 10.9. The molecule has 0 aromatic heterocycles. The first-order valence-corrected chi connectivity index (χ1v) is 9.61. The lowest BCUT2D eigenvalue weighted by Gasteiger charge is -2.02. The van der Waals surface area contributed by atoms with E-state index in [1.165, 1.54) is 0 Å². The fourth-order valence-corrected chi connectivity index (χ4v) is 2.10. The van der Waals surface area contributed by atoms with Crippen molar-refractivity contribution in [3.8, 4) is 0 Å². The van der Waals surface area contributed by atoms with E-state index in [1.54, 1.807) is 6.92 Å². The van der Waals surface area contributed by atoms with E-state index in [9.17, 15) is 4.79 Å². The van der Waals surface area contributed by atoms with E-state index in [4.69, 9.17) is 0 Å². The van der Waals surface area contributed by atoms with Crippen molar-refractivity contribution in [2.45, 2.75) is 65.7 Å². The van der Waals surface area contributed by atoms with Crippen molar-refractivity contribution in [1.29, 1.82) is 0 Å². The van der Waals surface area contributed by atoms with Crippen molar-refractivity contribution in [2.75, 3.05) is 0 Å². The van der Waals surface area contributed by atoms with Gasteiger partial charge in [-0.3, -0.25) is 0 Å². The van der Waals surface area contributed by atoms with Crippen LogP contribution in [0.3, 0.4) is 0 Å². The van der Waals surface area contributed by atoms with Crippen LogP contribution in [0, 0.1) is 5.92 Å². The molecule has 0 radical (unpaired) electrons. The minimum atomic E-state index is 0.273. The van der Waals surface area contributed by atoms with Gasteiger partial charge < -0.3 is 4.79 Å². The van der Waals surface area contributed by atoms with E-state index in [1.807, 2.05) is 0 Å². The highest BCUT2D eigenvalue weighted by atomic mass is 16.1. The summed E-state index contributed by atoms with van der Waals surface area (Å²) in [6.45, 7) is 5.96. The number of hydrogen-bond acceptors (Lipinski definition) is 1. The topological polar surface area (TPSA) is 17.1 Å². The molecule has 138 valence electrons. The molecule has 0 N–H and O–H groups in total. The molecule has 0 fully saturated rings. The van der Waals surface area contributed by atoms with Gasteiger partial charge in [0, 0.05) is 6.42 Å². The molecule has 0 heterocycles. The van der Waals surface area contributed by atoms with E-state index < -0.39 is 0 Å². The zero-order valence-corrected chi connectivity index (χ0v) is 16.4. The molecular formula is C24H36O. The molecule has 1 atom stereocenters. The van der Waals surface area contributed by atoms with Crippen molar-refractivity contribution >= 4 is 5.78 Å². The van der Waals surface area contributed by atoms with Gasteiger partial charge in [0.2, 0.25) is 0 Å². The van der Waals surface area contributed by atoms with Crippen molar-refractivity contribution in [2.24, 2.45) is 5.92 Å². The lowest BCUT2D eigenvalue weighted by atomic mass is 10.0. The highest BCUT2D eigenvalue weighted by Gasteiger charge is 1.98. The molecule has 1 unspecified atom stereocenters. The molecular weight excluding hydrogens is 304 g/mol. The van der Waals surface area contributed by atoms with Crippen LogP contribution in [0.25, 0.3) is 0 Å². The molecule has 0 bridgehead atoms. The largest absolute Gasteiger partial charge is 0.300 e. The molecule has 0 aromatic rings. The van der Waals surface area contributed by atoms with Gasteiger partial charge in [0.05, 0.1) is 0 Å². The Bertz CT molecular complexity index is 486. The Labute approximate surface area is 155 Å². The quantitative estimate of drug-likeness (QED) is 0.184. The molecule has 1 heteroatoms. The summed E-state index contributed by atoms with van der Waals surface area (Å²) in [4.78, 5) is 10.9. The first kappa shape index (κ1) is 23.1. The Morgan fingerprint density at radius 2 is 1.40 bits per heavy atom. The second-order valence-electron chi connectivity index (χ2n) is 6.29. The van der Waals surface area contributed by atoms with Gasteiger partial charge in [-0.15, -0.1) is 0 Å². The maximum atomic E-state index is 10.9. The van der Waals surface area contributed by atoms with Gasteiger partial charge in [0.25, 0.3) is 0 Å². The molecule has 0 aliphatic heterocycles.